The van der Waals surface area contributed by atoms with Crippen LogP contribution in [0.3, 0.4) is 0 Å². The highest BCUT2D eigenvalue weighted by Crippen LogP contribution is 2.28. The molecule has 142 valence electrons. The van der Waals surface area contributed by atoms with Crippen LogP contribution < -0.4 is 9.64 Å². The number of esters is 1. The van der Waals surface area contributed by atoms with Crippen molar-refractivity contribution >= 4 is 17.6 Å². The van der Waals surface area contributed by atoms with E-state index in [1.54, 1.807) is 24.1 Å². The van der Waals surface area contributed by atoms with E-state index in [9.17, 15) is 9.59 Å². The first-order valence-corrected chi connectivity index (χ1v) is 8.84. The second kappa shape index (κ2) is 8.53. The highest BCUT2D eigenvalue weighted by atomic mass is 16.5. The normalized spacial score (nSPS) is 14.0. The molecule has 7 nitrogen and oxygen atoms in total. The number of piperazine rings is 1. The van der Waals surface area contributed by atoms with E-state index >= 15 is 0 Å². The Morgan fingerprint density at radius 3 is 2.48 bits per heavy atom. The molecule has 0 bridgehead atoms. The highest BCUT2D eigenvalue weighted by Gasteiger charge is 2.23. The second-order valence-corrected chi connectivity index (χ2v) is 6.30. The van der Waals surface area contributed by atoms with E-state index in [0.29, 0.717) is 31.7 Å². The molecule has 27 heavy (non-hydrogen) atoms. The van der Waals surface area contributed by atoms with E-state index in [2.05, 4.69) is 9.88 Å². The number of nitrogens with zero attached hydrogens (tertiary/aromatic N) is 3. The van der Waals surface area contributed by atoms with Crippen molar-refractivity contribution in [3.8, 4) is 5.75 Å². The van der Waals surface area contributed by atoms with Crippen LogP contribution >= 0.6 is 0 Å². The van der Waals surface area contributed by atoms with Gasteiger partial charge < -0.3 is 19.3 Å². The monoisotopic (exact) mass is 369 g/mol. The Kier molecular flexibility index (Phi) is 5.90. The Bertz CT molecular complexity index is 799. The Morgan fingerprint density at radius 2 is 1.81 bits per heavy atom. The van der Waals surface area contributed by atoms with Gasteiger partial charge in [-0.05, 0) is 31.2 Å². The molecular weight excluding hydrogens is 346 g/mol. The third-order valence-electron chi connectivity index (χ3n) is 4.53. The number of aryl methyl sites for hydroxylation is 1. The molecule has 0 N–H and O–H groups in total. The molecule has 1 fully saturated rings. The predicted molar refractivity (Wildman–Crippen MR) is 101 cm³/mol. The van der Waals surface area contributed by atoms with Crippen molar-refractivity contribution in [2.75, 3.05) is 44.8 Å². The number of pyridine rings is 1. The number of hydrogen-bond donors (Lipinski definition) is 0. The van der Waals surface area contributed by atoms with Gasteiger partial charge in [0.1, 0.15) is 5.75 Å². The quantitative estimate of drug-likeness (QED) is 0.750. The summed E-state index contributed by atoms with van der Waals surface area (Å²) in [6.07, 6.45) is 1.45. The number of para-hydroxylation sites is 2. The number of amides is 1. The Labute approximate surface area is 158 Å². The molecule has 1 aliphatic rings. The maximum absolute atomic E-state index is 12.3. The number of hydrogen-bond acceptors (Lipinski definition) is 6. The van der Waals surface area contributed by atoms with Crippen LogP contribution in [-0.2, 0) is 9.53 Å². The fourth-order valence-electron chi connectivity index (χ4n) is 2.98. The highest BCUT2D eigenvalue weighted by molar-refractivity contribution is 5.91. The van der Waals surface area contributed by atoms with Gasteiger partial charge in [0, 0.05) is 38.1 Å². The van der Waals surface area contributed by atoms with E-state index in [0.717, 1.165) is 17.1 Å². The first-order valence-electron chi connectivity index (χ1n) is 8.84. The lowest BCUT2D eigenvalue weighted by Gasteiger charge is -2.36. The van der Waals surface area contributed by atoms with Crippen molar-refractivity contribution < 1.29 is 19.1 Å². The summed E-state index contributed by atoms with van der Waals surface area (Å²) in [6.45, 7) is 4.11. The maximum atomic E-state index is 12.3. The number of benzene rings is 1. The average molecular weight is 369 g/mol. The van der Waals surface area contributed by atoms with E-state index in [-0.39, 0.29) is 12.5 Å². The molecule has 1 aliphatic heterocycles. The molecule has 0 unspecified atom stereocenters. The predicted octanol–water partition coefficient (Wildman–Crippen LogP) is 1.90. The zero-order chi connectivity index (χ0) is 19.2. The van der Waals surface area contributed by atoms with Crippen molar-refractivity contribution in [2.45, 2.75) is 6.92 Å². The van der Waals surface area contributed by atoms with Gasteiger partial charge in [0.2, 0.25) is 0 Å². The first kappa shape index (κ1) is 18.7. The Hall–Kier alpha value is -3.09. The second-order valence-electron chi connectivity index (χ2n) is 6.30. The fourth-order valence-corrected chi connectivity index (χ4v) is 2.98. The number of anilines is 1. The molecule has 1 aromatic heterocycles. The summed E-state index contributed by atoms with van der Waals surface area (Å²) in [4.78, 5) is 32.3. The van der Waals surface area contributed by atoms with E-state index in [4.69, 9.17) is 9.47 Å². The minimum Gasteiger partial charge on any atom is -0.495 e. The number of ether oxygens (including phenoxy) is 2. The van der Waals surface area contributed by atoms with Crippen molar-refractivity contribution in [3.05, 3.63) is 53.9 Å². The summed E-state index contributed by atoms with van der Waals surface area (Å²) in [7, 11) is 1.65. The first-order chi connectivity index (χ1) is 13.1. The van der Waals surface area contributed by atoms with E-state index < -0.39 is 5.97 Å². The van der Waals surface area contributed by atoms with Gasteiger partial charge in [0.15, 0.2) is 6.61 Å². The number of rotatable bonds is 5. The summed E-state index contributed by atoms with van der Waals surface area (Å²) < 4.78 is 10.5. The topological polar surface area (TPSA) is 72.0 Å². The van der Waals surface area contributed by atoms with Crippen LogP contribution in [0.1, 0.15) is 16.1 Å². The number of carbonyl (C=O) groups excluding carboxylic acids is 2. The molecule has 7 heteroatoms. The zero-order valence-corrected chi connectivity index (χ0v) is 15.6. The summed E-state index contributed by atoms with van der Waals surface area (Å²) in [5.41, 5.74) is 2.18. The standard InChI is InChI=1S/C20H23N3O4/c1-15-7-8-16(13-21-15)20(25)27-14-19(24)23-11-9-22(10-12-23)17-5-3-4-6-18(17)26-2/h3-8,13H,9-12,14H2,1-2H3. The van der Waals surface area contributed by atoms with Gasteiger partial charge in [0.05, 0.1) is 18.4 Å². The van der Waals surface area contributed by atoms with Gasteiger partial charge in [-0.15, -0.1) is 0 Å². The van der Waals surface area contributed by atoms with Gasteiger partial charge in [-0.25, -0.2) is 4.79 Å². The number of carbonyl (C=O) groups is 2. The van der Waals surface area contributed by atoms with Crippen LogP contribution in [-0.4, -0.2) is 61.7 Å². The average Bonchev–Trinajstić information content (AvgIpc) is 2.72. The third-order valence-corrected chi connectivity index (χ3v) is 4.53. The van der Waals surface area contributed by atoms with Crippen LogP contribution in [0.5, 0.6) is 5.75 Å². The molecule has 0 radical (unpaired) electrons. The van der Waals surface area contributed by atoms with Crippen LogP contribution in [0.25, 0.3) is 0 Å². The molecule has 3 rings (SSSR count). The van der Waals surface area contributed by atoms with Crippen LogP contribution in [0.4, 0.5) is 5.69 Å². The largest absolute Gasteiger partial charge is 0.495 e. The van der Waals surface area contributed by atoms with Crippen LogP contribution in [0, 0.1) is 6.92 Å². The summed E-state index contributed by atoms with van der Waals surface area (Å²) in [5, 5.41) is 0. The van der Waals surface area contributed by atoms with Crippen LogP contribution in [0.2, 0.25) is 0 Å². The zero-order valence-electron chi connectivity index (χ0n) is 15.6. The Balaban J connectivity index is 1.50. The molecule has 0 spiro atoms. The van der Waals surface area contributed by atoms with Gasteiger partial charge in [-0.2, -0.15) is 0 Å². The summed E-state index contributed by atoms with van der Waals surface area (Å²) >= 11 is 0. The minimum absolute atomic E-state index is 0.192. The Morgan fingerprint density at radius 1 is 1.07 bits per heavy atom. The van der Waals surface area contributed by atoms with Gasteiger partial charge in [0.25, 0.3) is 5.91 Å². The summed E-state index contributed by atoms with van der Waals surface area (Å²) in [6, 6.07) is 11.2. The SMILES string of the molecule is COc1ccccc1N1CCN(C(=O)COC(=O)c2ccc(C)nc2)CC1. The van der Waals surface area contributed by atoms with Crippen molar-refractivity contribution in [1.29, 1.82) is 0 Å². The van der Waals surface area contributed by atoms with E-state index in [1.807, 2.05) is 31.2 Å². The van der Waals surface area contributed by atoms with Crippen LogP contribution in [0.15, 0.2) is 42.6 Å². The number of aromatic nitrogens is 1. The molecule has 0 saturated carbocycles. The maximum Gasteiger partial charge on any atom is 0.340 e. The summed E-state index contributed by atoms with van der Waals surface area (Å²) in [5.74, 6) is 0.0875. The molecule has 1 amide bonds. The molecule has 2 aromatic rings. The van der Waals surface area contributed by atoms with Crippen molar-refractivity contribution in [2.24, 2.45) is 0 Å². The minimum atomic E-state index is -0.538. The van der Waals surface area contributed by atoms with Gasteiger partial charge in [-0.1, -0.05) is 12.1 Å². The van der Waals surface area contributed by atoms with Gasteiger partial charge >= 0.3 is 5.97 Å². The molecule has 0 aliphatic carbocycles. The lowest BCUT2D eigenvalue weighted by atomic mass is 10.2. The molecule has 1 saturated heterocycles. The van der Waals surface area contributed by atoms with Crippen molar-refractivity contribution in [1.82, 2.24) is 9.88 Å². The van der Waals surface area contributed by atoms with Crippen molar-refractivity contribution in [3.63, 3.8) is 0 Å². The molecule has 1 aromatic carbocycles. The fraction of sp³-hybridized carbons (Fsp3) is 0.350. The third kappa shape index (κ3) is 4.55. The smallest absolute Gasteiger partial charge is 0.340 e. The molecule has 2 heterocycles. The lowest BCUT2D eigenvalue weighted by Crippen LogP contribution is -2.50. The molecular formula is C20H23N3O4. The number of methoxy groups -OCH3 is 1. The van der Waals surface area contributed by atoms with Gasteiger partial charge in [-0.3, -0.25) is 9.78 Å². The lowest BCUT2D eigenvalue weighted by molar-refractivity contribution is -0.134. The molecule has 0 atom stereocenters. The van der Waals surface area contributed by atoms with E-state index in [1.165, 1.54) is 6.20 Å².